The molecule has 1 aromatic heterocycles. The lowest BCUT2D eigenvalue weighted by molar-refractivity contribution is 0.414. The van der Waals surface area contributed by atoms with E-state index in [4.69, 9.17) is 31.1 Å². The zero-order valence-electron chi connectivity index (χ0n) is 17.4. The summed E-state index contributed by atoms with van der Waals surface area (Å²) in [5.41, 5.74) is 2.84. The van der Waals surface area contributed by atoms with Crippen LogP contribution in [0.5, 0.6) is 11.5 Å². The smallest absolute Gasteiger partial charge is 0.284 e. The Labute approximate surface area is 189 Å². The molecular weight excluding hydrogens is 426 g/mol. The molecule has 9 heteroatoms. The number of para-hydroxylation sites is 1. The van der Waals surface area contributed by atoms with Crippen molar-refractivity contribution in [2.75, 3.05) is 14.2 Å². The molecule has 0 unspecified atom stereocenters. The van der Waals surface area contributed by atoms with Gasteiger partial charge in [0.05, 0.1) is 31.2 Å². The van der Waals surface area contributed by atoms with Gasteiger partial charge in [-0.3, -0.25) is 0 Å². The molecule has 1 N–H and O–H groups in total. The van der Waals surface area contributed by atoms with Crippen molar-refractivity contribution >= 4 is 29.4 Å². The van der Waals surface area contributed by atoms with Gasteiger partial charge in [-0.05, 0) is 72.9 Å². The maximum atomic E-state index is 5.49. The Hall–Kier alpha value is -4.11. The Balaban J connectivity index is 1.70. The number of benzene rings is 3. The van der Waals surface area contributed by atoms with E-state index in [0.29, 0.717) is 28.9 Å². The van der Waals surface area contributed by atoms with Crippen LogP contribution in [0.1, 0.15) is 5.56 Å². The van der Waals surface area contributed by atoms with Gasteiger partial charge in [-0.2, -0.15) is 0 Å². The van der Waals surface area contributed by atoms with Crippen LogP contribution in [-0.4, -0.2) is 30.3 Å². The molecule has 160 valence electrons. The third kappa shape index (κ3) is 4.96. The normalized spacial score (nSPS) is 11.6. The number of nitrogens with one attached hydrogen (secondary N) is 1. The number of hydrogen-bond donors (Lipinski definition) is 1. The highest BCUT2D eigenvalue weighted by Gasteiger charge is 2.11. The summed E-state index contributed by atoms with van der Waals surface area (Å²) in [6.07, 6.45) is 0. The van der Waals surface area contributed by atoms with Crippen LogP contribution in [0.4, 0.5) is 11.4 Å². The molecule has 0 saturated heterocycles. The maximum Gasteiger partial charge on any atom is 0.284 e. The van der Waals surface area contributed by atoms with Gasteiger partial charge in [0.2, 0.25) is 5.89 Å². The summed E-state index contributed by atoms with van der Waals surface area (Å²) in [6, 6.07) is 22.1. The molecule has 0 bridgehead atoms. The molecule has 4 aromatic rings. The molecule has 0 amide bonds. The Bertz CT molecular complexity index is 1310. The Morgan fingerprint density at radius 1 is 0.906 bits per heavy atom. The first-order chi connectivity index (χ1) is 15.7. The summed E-state index contributed by atoms with van der Waals surface area (Å²) in [6.45, 7) is 0. The molecule has 0 atom stereocenters. The highest BCUT2D eigenvalue weighted by atomic mass is 32.1. The second-order valence-corrected chi connectivity index (χ2v) is 6.87. The van der Waals surface area contributed by atoms with Gasteiger partial charge in [-0.25, -0.2) is 10.1 Å². The maximum absolute atomic E-state index is 5.49. The largest absolute Gasteiger partial charge is 0.497 e. The minimum Gasteiger partial charge on any atom is -0.497 e. The van der Waals surface area contributed by atoms with E-state index in [9.17, 15) is 0 Å². The van der Waals surface area contributed by atoms with E-state index in [1.54, 1.807) is 14.2 Å². The number of methoxy groups -OCH3 is 2. The number of rotatable bonds is 6. The van der Waals surface area contributed by atoms with Gasteiger partial charge in [0.1, 0.15) is 11.5 Å². The van der Waals surface area contributed by atoms with Gasteiger partial charge in [0.15, 0.2) is 5.84 Å². The SMILES string of the molecule is COc1ccc(N=NC(=Nc2ccc(-c3n[nH]c(=S)o3)cc2)c2ccccc2OC)cc1. The van der Waals surface area contributed by atoms with E-state index in [2.05, 4.69) is 20.4 Å². The van der Waals surface area contributed by atoms with Crippen molar-refractivity contribution in [1.29, 1.82) is 0 Å². The fourth-order valence-electron chi connectivity index (χ4n) is 2.87. The number of ether oxygens (including phenoxy) is 2. The van der Waals surface area contributed by atoms with Gasteiger partial charge in [-0.15, -0.1) is 15.3 Å². The molecule has 0 aliphatic rings. The number of azo groups is 1. The number of amidine groups is 1. The van der Waals surface area contributed by atoms with E-state index < -0.39 is 0 Å². The molecule has 0 saturated carbocycles. The van der Waals surface area contributed by atoms with Gasteiger partial charge >= 0.3 is 0 Å². The van der Waals surface area contributed by atoms with E-state index in [1.165, 1.54) is 0 Å². The molecule has 8 nitrogen and oxygen atoms in total. The third-order valence-electron chi connectivity index (χ3n) is 4.47. The summed E-state index contributed by atoms with van der Waals surface area (Å²) in [5, 5.41) is 15.4. The minimum atomic E-state index is 0.222. The van der Waals surface area contributed by atoms with Crippen molar-refractivity contribution < 1.29 is 13.9 Å². The van der Waals surface area contributed by atoms with Crippen LogP contribution in [0.3, 0.4) is 0 Å². The molecule has 0 spiro atoms. The Morgan fingerprint density at radius 3 is 2.28 bits per heavy atom. The van der Waals surface area contributed by atoms with Crippen molar-refractivity contribution in [1.82, 2.24) is 10.2 Å². The summed E-state index contributed by atoms with van der Waals surface area (Å²) in [7, 11) is 3.22. The highest BCUT2D eigenvalue weighted by Crippen LogP contribution is 2.26. The Morgan fingerprint density at radius 2 is 1.62 bits per heavy atom. The third-order valence-corrected chi connectivity index (χ3v) is 4.64. The van der Waals surface area contributed by atoms with E-state index in [1.807, 2.05) is 72.8 Å². The number of aromatic amines is 1. The lowest BCUT2D eigenvalue weighted by Crippen LogP contribution is -2.00. The summed E-state index contributed by atoms with van der Waals surface area (Å²) < 4.78 is 16.0. The molecule has 0 fully saturated rings. The highest BCUT2D eigenvalue weighted by molar-refractivity contribution is 7.71. The molecule has 0 radical (unpaired) electrons. The number of hydrogen-bond acceptors (Lipinski definition) is 7. The molecule has 3 aromatic carbocycles. The second-order valence-electron chi connectivity index (χ2n) is 6.50. The molecular formula is C23H19N5O3S. The van der Waals surface area contributed by atoms with Crippen LogP contribution >= 0.6 is 12.2 Å². The number of H-pyrrole nitrogens is 1. The predicted octanol–water partition coefficient (Wildman–Crippen LogP) is 6.28. The quantitative estimate of drug-likeness (QED) is 0.163. The van der Waals surface area contributed by atoms with Crippen molar-refractivity contribution in [3.05, 3.63) is 83.2 Å². The van der Waals surface area contributed by atoms with Crippen molar-refractivity contribution in [3.8, 4) is 23.0 Å². The summed E-state index contributed by atoms with van der Waals surface area (Å²) >= 11 is 4.93. The lowest BCUT2D eigenvalue weighted by Gasteiger charge is -2.07. The summed E-state index contributed by atoms with van der Waals surface area (Å²) in [5.74, 6) is 2.21. The fraction of sp³-hybridized carbons (Fsp3) is 0.0870. The minimum absolute atomic E-state index is 0.222. The topological polar surface area (TPSA) is 97.4 Å². The molecule has 32 heavy (non-hydrogen) atoms. The van der Waals surface area contributed by atoms with Gasteiger partial charge in [0, 0.05) is 5.56 Å². The van der Waals surface area contributed by atoms with Gasteiger partial charge < -0.3 is 13.9 Å². The zero-order chi connectivity index (χ0) is 22.3. The first kappa shape index (κ1) is 21.1. The molecule has 1 heterocycles. The second kappa shape index (κ2) is 9.80. The van der Waals surface area contributed by atoms with E-state index in [-0.39, 0.29) is 4.84 Å². The lowest BCUT2D eigenvalue weighted by atomic mass is 10.1. The summed E-state index contributed by atoms with van der Waals surface area (Å²) in [4.78, 5) is 4.92. The van der Waals surface area contributed by atoms with Crippen molar-refractivity contribution in [2.24, 2.45) is 15.2 Å². The predicted molar refractivity (Wildman–Crippen MR) is 124 cm³/mol. The van der Waals surface area contributed by atoms with Crippen LogP contribution in [0, 0.1) is 4.84 Å². The van der Waals surface area contributed by atoms with Crippen LogP contribution < -0.4 is 9.47 Å². The van der Waals surface area contributed by atoms with Crippen molar-refractivity contribution in [2.45, 2.75) is 0 Å². The first-order valence-electron chi connectivity index (χ1n) is 9.60. The van der Waals surface area contributed by atoms with E-state index in [0.717, 1.165) is 16.9 Å². The number of nitrogens with zero attached hydrogens (tertiary/aromatic N) is 4. The first-order valence-corrected chi connectivity index (χ1v) is 10.0. The Kier molecular flexibility index (Phi) is 6.47. The number of aromatic nitrogens is 2. The zero-order valence-corrected chi connectivity index (χ0v) is 18.2. The van der Waals surface area contributed by atoms with Crippen LogP contribution in [0.2, 0.25) is 0 Å². The van der Waals surface area contributed by atoms with E-state index >= 15 is 0 Å². The average molecular weight is 446 g/mol. The monoisotopic (exact) mass is 445 g/mol. The van der Waals surface area contributed by atoms with Gasteiger partial charge in [0.25, 0.3) is 4.84 Å². The average Bonchev–Trinajstić information content (AvgIpc) is 3.28. The van der Waals surface area contributed by atoms with Crippen molar-refractivity contribution in [3.63, 3.8) is 0 Å². The fourth-order valence-corrected chi connectivity index (χ4v) is 3.00. The molecule has 4 rings (SSSR count). The van der Waals surface area contributed by atoms with Gasteiger partial charge in [-0.1, -0.05) is 12.1 Å². The molecule has 0 aliphatic heterocycles. The number of aliphatic imine (C=N–C) groups is 1. The van der Waals surface area contributed by atoms with Crippen LogP contribution in [-0.2, 0) is 0 Å². The standard InChI is InChI=1S/C23H19N5O3S/c1-29-18-13-11-17(12-14-18)25-26-21(19-5-3-4-6-20(19)30-2)24-16-9-7-15(8-10-16)22-27-28-23(32)31-22/h3-14H,1-2H3,(H,28,32). The van der Waals surface area contributed by atoms with Crippen LogP contribution in [0.25, 0.3) is 11.5 Å². The molecule has 0 aliphatic carbocycles. The van der Waals surface area contributed by atoms with Crippen LogP contribution in [0.15, 0.2) is 92.4 Å².